The van der Waals surface area contributed by atoms with E-state index in [2.05, 4.69) is 53.2 Å². The molecule has 4 aromatic rings. The van der Waals surface area contributed by atoms with Gasteiger partial charge in [0.25, 0.3) is 0 Å². The van der Waals surface area contributed by atoms with Crippen LogP contribution in [-0.2, 0) is 6.54 Å². The van der Waals surface area contributed by atoms with Gasteiger partial charge in [0.1, 0.15) is 5.76 Å². The Balaban J connectivity index is 1.85. The van der Waals surface area contributed by atoms with E-state index in [9.17, 15) is 0 Å². The van der Waals surface area contributed by atoms with Gasteiger partial charge in [0.2, 0.25) is 0 Å². The van der Waals surface area contributed by atoms with Crippen molar-refractivity contribution >= 4 is 11.0 Å². The third kappa shape index (κ3) is 2.40. The lowest BCUT2D eigenvalue weighted by Gasteiger charge is -2.07. The topological polar surface area (TPSA) is 43.9 Å². The Bertz CT molecular complexity index is 993. The Morgan fingerprint density at radius 2 is 1.88 bits per heavy atom. The number of pyridine rings is 1. The maximum atomic E-state index is 5.31. The van der Waals surface area contributed by atoms with Crippen molar-refractivity contribution in [2.24, 2.45) is 0 Å². The Labute approximate surface area is 140 Å². The molecule has 0 N–H and O–H groups in total. The van der Waals surface area contributed by atoms with Crippen LogP contribution in [0.4, 0.5) is 0 Å². The molecule has 24 heavy (non-hydrogen) atoms. The van der Waals surface area contributed by atoms with Crippen molar-refractivity contribution < 1.29 is 4.52 Å². The third-order valence-corrected chi connectivity index (χ3v) is 4.42. The van der Waals surface area contributed by atoms with Gasteiger partial charge in [0, 0.05) is 30.1 Å². The second kappa shape index (κ2) is 5.64. The summed E-state index contributed by atoms with van der Waals surface area (Å²) >= 11 is 0. The smallest absolute Gasteiger partial charge is 0.141 e. The highest BCUT2D eigenvalue weighted by molar-refractivity contribution is 5.84. The van der Waals surface area contributed by atoms with E-state index < -0.39 is 0 Å². The molecule has 3 heterocycles. The van der Waals surface area contributed by atoms with Crippen LogP contribution < -0.4 is 0 Å². The molecule has 0 unspecified atom stereocenters. The fourth-order valence-electron chi connectivity index (χ4n) is 3.28. The van der Waals surface area contributed by atoms with Crippen molar-refractivity contribution in [3.05, 3.63) is 71.4 Å². The van der Waals surface area contributed by atoms with Crippen molar-refractivity contribution in [2.45, 2.75) is 27.3 Å². The minimum Gasteiger partial charge on any atom is -0.361 e. The van der Waals surface area contributed by atoms with Crippen molar-refractivity contribution in [1.29, 1.82) is 0 Å². The zero-order valence-corrected chi connectivity index (χ0v) is 14.1. The molecule has 0 radical (unpaired) electrons. The molecular weight excluding hydrogens is 298 g/mol. The average molecular weight is 317 g/mol. The molecule has 0 aliphatic carbocycles. The monoisotopic (exact) mass is 317 g/mol. The molecule has 0 spiro atoms. The summed E-state index contributed by atoms with van der Waals surface area (Å²) in [5.74, 6) is 0.825. The Morgan fingerprint density at radius 1 is 1.08 bits per heavy atom. The number of aromatic nitrogens is 3. The zero-order chi connectivity index (χ0) is 16.7. The molecule has 4 rings (SSSR count). The average Bonchev–Trinajstić information content (AvgIpc) is 3.08. The number of hydrogen-bond acceptors (Lipinski definition) is 3. The summed E-state index contributed by atoms with van der Waals surface area (Å²) < 4.78 is 7.57. The van der Waals surface area contributed by atoms with Gasteiger partial charge in [0.05, 0.1) is 16.7 Å². The first kappa shape index (κ1) is 14.7. The normalized spacial score (nSPS) is 11.3. The van der Waals surface area contributed by atoms with Crippen LogP contribution in [0, 0.1) is 20.8 Å². The van der Waals surface area contributed by atoms with Gasteiger partial charge in [-0.25, -0.2) is 0 Å². The minimum absolute atomic E-state index is 0.825. The highest BCUT2D eigenvalue weighted by Crippen LogP contribution is 2.30. The number of rotatable bonds is 3. The lowest BCUT2D eigenvalue weighted by Crippen LogP contribution is -1.98. The molecule has 0 amide bonds. The second-order valence-corrected chi connectivity index (χ2v) is 6.22. The summed E-state index contributed by atoms with van der Waals surface area (Å²) in [4.78, 5) is 4.69. The molecule has 4 nitrogen and oxygen atoms in total. The van der Waals surface area contributed by atoms with Gasteiger partial charge in [-0.15, -0.1) is 0 Å². The highest BCUT2D eigenvalue weighted by Gasteiger charge is 2.15. The van der Waals surface area contributed by atoms with Gasteiger partial charge in [-0.1, -0.05) is 35.5 Å². The van der Waals surface area contributed by atoms with Crippen LogP contribution in [-0.4, -0.2) is 14.7 Å². The van der Waals surface area contributed by atoms with Gasteiger partial charge in [-0.05, 0) is 38.0 Å². The van der Waals surface area contributed by atoms with E-state index in [1.54, 1.807) is 0 Å². The van der Waals surface area contributed by atoms with E-state index in [0.29, 0.717) is 0 Å². The van der Waals surface area contributed by atoms with Crippen LogP contribution >= 0.6 is 0 Å². The van der Waals surface area contributed by atoms with Gasteiger partial charge in [-0.3, -0.25) is 4.98 Å². The summed E-state index contributed by atoms with van der Waals surface area (Å²) in [7, 11) is 0. The lowest BCUT2D eigenvalue weighted by molar-refractivity contribution is 0.393. The van der Waals surface area contributed by atoms with E-state index >= 15 is 0 Å². The summed E-state index contributed by atoms with van der Waals surface area (Å²) in [6.07, 6.45) is 4.08. The summed E-state index contributed by atoms with van der Waals surface area (Å²) in [6.45, 7) is 6.84. The van der Waals surface area contributed by atoms with E-state index in [4.69, 9.17) is 9.51 Å². The van der Waals surface area contributed by atoms with Gasteiger partial charge in [0.15, 0.2) is 0 Å². The molecule has 0 bridgehead atoms. The number of nitrogens with zero attached hydrogens (tertiary/aromatic N) is 3. The maximum Gasteiger partial charge on any atom is 0.141 e. The van der Waals surface area contributed by atoms with Gasteiger partial charge < -0.3 is 9.09 Å². The molecule has 0 aliphatic rings. The van der Waals surface area contributed by atoms with Crippen LogP contribution in [0.2, 0.25) is 0 Å². The minimum atomic E-state index is 0.825. The van der Waals surface area contributed by atoms with Crippen molar-refractivity contribution in [2.75, 3.05) is 0 Å². The van der Waals surface area contributed by atoms with Gasteiger partial charge >= 0.3 is 0 Å². The van der Waals surface area contributed by atoms with Crippen molar-refractivity contribution in [1.82, 2.24) is 14.7 Å². The molecule has 120 valence electrons. The summed E-state index contributed by atoms with van der Waals surface area (Å²) in [6, 6.07) is 12.7. The summed E-state index contributed by atoms with van der Waals surface area (Å²) in [5.41, 5.74) is 7.62. The largest absolute Gasteiger partial charge is 0.361 e. The van der Waals surface area contributed by atoms with E-state index in [0.717, 1.165) is 40.2 Å². The summed E-state index contributed by atoms with van der Waals surface area (Å²) in [5, 5.41) is 4.06. The molecule has 0 aliphatic heterocycles. The van der Waals surface area contributed by atoms with Crippen molar-refractivity contribution in [3.8, 4) is 11.1 Å². The molecule has 3 aromatic heterocycles. The Hall–Kier alpha value is -2.88. The first-order chi connectivity index (χ1) is 11.6. The van der Waals surface area contributed by atoms with Crippen LogP contribution in [0.15, 0.2) is 53.3 Å². The van der Waals surface area contributed by atoms with Gasteiger partial charge in [-0.2, -0.15) is 0 Å². The van der Waals surface area contributed by atoms with Crippen molar-refractivity contribution in [3.63, 3.8) is 0 Å². The zero-order valence-electron chi connectivity index (χ0n) is 14.1. The fourth-order valence-corrected chi connectivity index (χ4v) is 3.28. The predicted octanol–water partition coefficient (Wildman–Crippen LogP) is 4.66. The Kier molecular flexibility index (Phi) is 3.45. The first-order valence-electron chi connectivity index (χ1n) is 8.06. The molecule has 0 fully saturated rings. The van der Waals surface area contributed by atoms with Crippen LogP contribution in [0.1, 0.15) is 22.6 Å². The maximum absolute atomic E-state index is 5.31. The van der Waals surface area contributed by atoms with E-state index in [1.807, 2.05) is 26.1 Å². The molecule has 0 atom stereocenters. The number of hydrogen-bond donors (Lipinski definition) is 0. The molecular formula is C20H19N3O. The molecule has 1 aromatic carbocycles. The lowest BCUT2D eigenvalue weighted by atomic mass is 10.1. The second-order valence-electron chi connectivity index (χ2n) is 6.22. The Morgan fingerprint density at radius 3 is 2.58 bits per heavy atom. The number of aryl methyl sites for hydroxylation is 3. The van der Waals surface area contributed by atoms with E-state index in [-0.39, 0.29) is 0 Å². The highest BCUT2D eigenvalue weighted by atomic mass is 16.5. The SMILES string of the molecule is Cc1noc(C)c1-c1cnc2c(C)cn(Cc3ccccc3)c2c1. The van der Waals surface area contributed by atoms with Crippen LogP contribution in [0.5, 0.6) is 0 Å². The predicted molar refractivity (Wildman–Crippen MR) is 95.0 cm³/mol. The fraction of sp³-hybridized carbons (Fsp3) is 0.200. The third-order valence-electron chi connectivity index (χ3n) is 4.42. The molecule has 4 heteroatoms. The quantitative estimate of drug-likeness (QED) is 0.552. The first-order valence-corrected chi connectivity index (χ1v) is 8.06. The number of benzene rings is 1. The molecule has 0 saturated carbocycles. The van der Waals surface area contributed by atoms with Crippen LogP contribution in [0.25, 0.3) is 22.2 Å². The molecule has 0 saturated heterocycles. The number of fused-ring (bicyclic) bond motifs is 1. The standard InChI is InChI=1S/C20H19N3O/c1-13-11-23(12-16-7-5-4-6-8-16)18-9-17(10-21-20(13)18)19-14(2)22-24-15(19)3/h4-11H,12H2,1-3H3. The van der Waals surface area contributed by atoms with E-state index in [1.165, 1.54) is 11.1 Å². The van der Waals surface area contributed by atoms with Crippen LogP contribution in [0.3, 0.4) is 0 Å².